The highest BCUT2D eigenvalue weighted by Gasteiger charge is 2.11. The van der Waals surface area contributed by atoms with Gasteiger partial charge in [-0.25, -0.2) is 4.98 Å². The molecule has 0 saturated heterocycles. The highest BCUT2D eigenvalue weighted by Crippen LogP contribution is 2.24. The number of imidazole rings is 1. The molecule has 6 heteroatoms. The van der Waals surface area contributed by atoms with E-state index in [1.165, 1.54) is 24.2 Å². The molecule has 0 atom stereocenters. The summed E-state index contributed by atoms with van der Waals surface area (Å²) < 4.78 is 26.0. The van der Waals surface area contributed by atoms with Crippen LogP contribution in [0.2, 0.25) is 0 Å². The minimum Gasteiger partial charge on any atom is -0.392 e. The van der Waals surface area contributed by atoms with Crippen LogP contribution in [0.1, 0.15) is 17.9 Å². The molecule has 2 aromatic rings. The SMILES string of the molecule is OCc1ccc(SCc2nccn2C(F)F)cc1. The van der Waals surface area contributed by atoms with Crippen LogP contribution in [0.5, 0.6) is 0 Å². The molecule has 0 aliphatic heterocycles. The molecule has 0 saturated carbocycles. The van der Waals surface area contributed by atoms with E-state index in [0.717, 1.165) is 15.0 Å². The largest absolute Gasteiger partial charge is 0.392 e. The van der Waals surface area contributed by atoms with Crippen molar-refractivity contribution in [2.24, 2.45) is 0 Å². The Morgan fingerprint density at radius 1 is 1.28 bits per heavy atom. The van der Waals surface area contributed by atoms with E-state index < -0.39 is 6.55 Å². The molecule has 0 amide bonds. The normalized spacial score (nSPS) is 11.1. The van der Waals surface area contributed by atoms with Gasteiger partial charge in [0.1, 0.15) is 5.82 Å². The van der Waals surface area contributed by atoms with Crippen molar-refractivity contribution in [2.75, 3.05) is 0 Å². The van der Waals surface area contributed by atoms with Gasteiger partial charge in [-0.1, -0.05) is 12.1 Å². The molecule has 2 rings (SSSR count). The molecule has 3 nitrogen and oxygen atoms in total. The summed E-state index contributed by atoms with van der Waals surface area (Å²) in [6, 6.07) is 7.32. The maximum Gasteiger partial charge on any atom is 0.319 e. The topological polar surface area (TPSA) is 38.1 Å². The van der Waals surface area contributed by atoms with Crippen molar-refractivity contribution < 1.29 is 13.9 Å². The molecule has 1 N–H and O–H groups in total. The number of benzene rings is 1. The molecule has 0 aliphatic carbocycles. The minimum absolute atomic E-state index is 0.000729. The molecule has 1 aromatic carbocycles. The van der Waals surface area contributed by atoms with Gasteiger partial charge in [-0.15, -0.1) is 11.8 Å². The Morgan fingerprint density at radius 3 is 2.61 bits per heavy atom. The lowest BCUT2D eigenvalue weighted by atomic mass is 10.2. The second-order valence-electron chi connectivity index (χ2n) is 3.62. The molecule has 0 bridgehead atoms. The van der Waals surface area contributed by atoms with Gasteiger partial charge in [0.15, 0.2) is 0 Å². The van der Waals surface area contributed by atoms with Crippen LogP contribution in [0.15, 0.2) is 41.6 Å². The summed E-state index contributed by atoms with van der Waals surface area (Å²) in [4.78, 5) is 4.86. The number of aliphatic hydroxyl groups excluding tert-OH is 1. The van der Waals surface area contributed by atoms with E-state index in [0.29, 0.717) is 11.6 Å². The van der Waals surface area contributed by atoms with Gasteiger partial charge in [0.25, 0.3) is 0 Å². The van der Waals surface area contributed by atoms with E-state index in [-0.39, 0.29) is 6.61 Å². The number of hydrogen-bond donors (Lipinski definition) is 1. The van der Waals surface area contributed by atoms with Crippen molar-refractivity contribution in [2.45, 2.75) is 23.8 Å². The fraction of sp³-hybridized carbons (Fsp3) is 0.250. The van der Waals surface area contributed by atoms with Crippen LogP contribution in [0.3, 0.4) is 0 Å². The Labute approximate surface area is 107 Å². The number of hydrogen-bond acceptors (Lipinski definition) is 3. The zero-order chi connectivity index (χ0) is 13.0. The third kappa shape index (κ3) is 3.08. The molecule has 1 heterocycles. The summed E-state index contributed by atoms with van der Waals surface area (Å²) in [6.07, 6.45) is 2.65. The predicted octanol–water partition coefficient (Wildman–Crippen LogP) is 3.06. The zero-order valence-electron chi connectivity index (χ0n) is 9.46. The number of halogens is 2. The minimum atomic E-state index is -2.56. The van der Waals surface area contributed by atoms with E-state index in [2.05, 4.69) is 4.98 Å². The number of thioether (sulfide) groups is 1. The summed E-state index contributed by atoms with van der Waals surface area (Å²) >= 11 is 1.43. The molecule has 0 spiro atoms. The first-order valence-corrected chi connectivity index (χ1v) is 6.31. The Kier molecular flexibility index (Phi) is 4.33. The van der Waals surface area contributed by atoms with Crippen LogP contribution in [0, 0.1) is 0 Å². The van der Waals surface area contributed by atoms with Crippen LogP contribution < -0.4 is 0 Å². The van der Waals surface area contributed by atoms with Gasteiger partial charge in [0, 0.05) is 17.3 Å². The van der Waals surface area contributed by atoms with Crippen LogP contribution in [-0.2, 0) is 12.4 Å². The smallest absolute Gasteiger partial charge is 0.319 e. The molecular formula is C12H12F2N2OS. The quantitative estimate of drug-likeness (QED) is 0.849. The maximum absolute atomic E-state index is 12.6. The Morgan fingerprint density at radius 2 is 2.00 bits per heavy atom. The maximum atomic E-state index is 12.6. The van der Waals surface area contributed by atoms with Crippen LogP contribution in [0.25, 0.3) is 0 Å². The van der Waals surface area contributed by atoms with Crippen LogP contribution >= 0.6 is 11.8 Å². The number of alkyl halides is 2. The third-order valence-corrected chi connectivity index (χ3v) is 3.44. The van der Waals surface area contributed by atoms with E-state index in [9.17, 15) is 8.78 Å². The summed E-state index contributed by atoms with van der Waals surface area (Å²) in [5.41, 5.74) is 0.827. The molecular weight excluding hydrogens is 258 g/mol. The lowest BCUT2D eigenvalue weighted by molar-refractivity contribution is 0.0678. The standard InChI is InChI=1S/C12H12F2N2OS/c13-12(14)16-6-5-15-11(16)8-18-10-3-1-9(7-17)2-4-10/h1-6,12,17H,7-8H2. The summed E-state index contributed by atoms with van der Waals surface area (Å²) in [5.74, 6) is 0.733. The highest BCUT2D eigenvalue weighted by molar-refractivity contribution is 7.98. The van der Waals surface area contributed by atoms with Crippen molar-refractivity contribution in [3.63, 3.8) is 0 Å². The van der Waals surface area contributed by atoms with Crippen molar-refractivity contribution in [3.05, 3.63) is 48.0 Å². The van der Waals surface area contributed by atoms with Crippen LogP contribution in [0.4, 0.5) is 8.78 Å². The average Bonchev–Trinajstić information content (AvgIpc) is 2.85. The summed E-state index contributed by atoms with van der Waals surface area (Å²) in [5, 5.41) is 8.90. The molecule has 96 valence electrons. The Balaban J connectivity index is 2.00. The van der Waals surface area contributed by atoms with Gasteiger partial charge < -0.3 is 5.11 Å². The van der Waals surface area contributed by atoms with Crippen molar-refractivity contribution in [3.8, 4) is 0 Å². The Bertz CT molecular complexity index is 499. The average molecular weight is 270 g/mol. The number of aromatic nitrogens is 2. The zero-order valence-corrected chi connectivity index (χ0v) is 10.3. The fourth-order valence-corrected chi connectivity index (χ4v) is 2.32. The first kappa shape index (κ1) is 13.0. The first-order chi connectivity index (χ1) is 8.70. The fourth-order valence-electron chi connectivity index (χ4n) is 1.47. The van der Waals surface area contributed by atoms with Gasteiger partial charge in [-0.3, -0.25) is 4.57 Å². The lowest BCUT2D eigenvalue weighted by Gasteiger charge is -2.06. The van der Waals surface area contributed by atoms with Crippen molar-refractivity contribution >= 4 is 11.8 Å². The van der Waals surface area contributed by atoms with Gasteiger partial charge in [-0.05, 0) is 17.7 Å². The second-order valence-corrected chi connectivity index (χ2v) is 4.67. The van der Waals surface area contributed by atoms with Gasteiger partial charge >= 0.3 is 6.55 Å². The van der Waals surface area contributed by atoms with Gasteiger partial charge in [0.2, 0.25) is 0 Å². The summed E-state index contributed by atoms with van der Waals surface area (Å²) in [6.45, 7) is -2.55. The highest BCUT2D eigenvalue weighted by atomic mass is 32.2. The van der Waals surface area contributed by atoms with E-state index in [1.807, 2.05) is 24.3 Å². The lowest BCUT2D eigenvalue weighted by Crippen LogP contribution is -2.01. The molecule has 18 heavy (non-hydrogen) atoms. The second kappa shape index (κ2) is 5.97. The monoisotopic (exact) mass is 270 g/mol. The van der Waals surface area contributed by atoms with Gasteiger partial charge in [0.05, 0.1) is 12.4 Å². The number of nitrogens with zero attached hydrogens (tertiary/aromatic N) is 2. The van der Waals surface area contributed by atoms with E-state index >= 15 is 0 Å². The third-order valence-electron chi connectivity index (χ3n) is 2.43. The predicted molar refractivity (Wildman–Crippen MR) is 65.4 cm³/mol. The molecule has 0 aliphatic rings. The Hall–Kier alpha value is -1.40. The van der Waals surface area contributed by atoms with E-state index in [1.54, 1.807) is 0 Å². The molecule has 0 radical (unpaired) electrons. The molecule has 0 unspecified atom stereocenters. The van der Waals surface area contributed by atoms with E-state index in [4.69, 9.17) is 5.11 Å². The van der Waals surface area contributed by atoms with Crippen molar-refractivity contribution in [1.82, 2.24) is 9.55 Å². The number of rotatable bonds is 5. The van der Waals surface area contributed by atoms with Crippen LogP contribution in [-0.4, -0.2) is 14.7 Å². The van der Waals surface area contributed by atoms with Gasteiger partial charge in [-0.2, -0.15) is 8.78 Å². The summed E-state index contributed by atoms with van der Waals surface area (Å²) in [7, 11) is 0. The number of aliphatic hydroxyl groups is 1. The first-order valence-electron chi connectivity index (χ1n) is 5.33. The molecule has 0 fully saturated rings. The van der Waals surface area contributed by atoms with Crippen molar-refractivity contribution in [1.29, 1.82) is 0 Å². The molecule has 1 aromatic heterocycles.